The fraction of sp³-hybridized carbons (Fsp3) is 0.350. The Balaban J connectivity index is 1.68. The Bertz CT molecular complexity index is 736. The summed E-state index contributed by atoms with van der Waals surface area (Å²) >= 11 is 0. The van der Waals surface area contributed by atoms with E-state index in [-0.39, 0.29) is 18.1 Å². The first-order valence-electron chi connectivity index (χ1n) is 9.10. The molecule has 0 atom stereocenters. The normalized spacial score (nSPS) is 11.1. The summed E-state index contributed by atoms with van der Waals surface area (Å²) in [6.07, 6.45) is 2.70. The Kier molecular flexibility index (Phi) is 8.76. The third-order valence-electron chi connectivity index (χ3n) is 3.70. The second kappa shape index (κ2) is 11.6. The lowest BCUT2D eigenvalue weighted by molar-refractivity contribution is -0.120. The average molecular weight is 371 g/mol. The number of hydrogen-bond acceptors (Lipinski definition) is 3. The van der Waals surface area contributed by atoms with E-state index in [1.54, 1.807) is 18.3 Å². The van der Waals surface area contributed by atoms with Crippen molar-refractivity contribution in [2.75, 3.05) is 26.2 Å². The van der Waals surface area contributed by atoms with Gasteiger partial charge in [0.05, 0.1) is 6.42 Å². The molecule has 0 aliphatic heterocycles. The first kappa shape index (κ1) is 20.4. The number of nitrogens with one attached hydrogen (secondary N) is 3. The number of benzene rings is 1. The number of pyridine rings is 1. The van der Waals surface area contributed by atoms with Gasteiger partial charge in [0.2, 0.25) is 5.91 Å². The van der Waals surface area contributed by atoms with Gasteiger partial charge in [-0.1, -0.05) is 18.2 Å². The summed E-state index contributed by atoms with van der Waals surface area (Å²) in [5.74, 6) is 0.228. The molecule has 1 aromatic heterocycles. The van der Waals surface area contributed by atoms with Crippen LogP contribution in [0, 0.1) is 5.82 Å². The summed E-state index contributed by atoms with van der Waals surface area (Å²) in [5, 5.41) is 9.16. The van der Waals surface area contributed by atoms with E-state index in [0.29, 0.717) is 31.2 Å². The van der Waals surface area contributed by atoms with Crippen molar-refractivity contribution in [3.8, 4) is 0 Å². The van der Waals surface area contributed by atoms with Gasteiger partial charge in [0, 0.05) is 44.5 Å². The second-order valence-corrected chi connectivity index (χ2v) is 5.92. The summed E-state index contributed by atoms with van der Waals surface area (Å²) in [6, 6.07) is 11.9. The predicted octanol–water partition coefficient (Wildman–Crippen LogP) is 1.68. The van der Waals surface area contributed by atoms with E-state index in [2.05, 4.69) is 25.9 Å². The van der Waals surface area contributed by atoms with Crippen LogP contribution in [0.4, 0.5) is 4.39 Å². The van der Waals surface area contributed by atoms with Crippen LogP contribution in [0.2, 0.25) is 0 Å². The zero-order valence-corrected chi connectivity index (χ0v) is 15.5. The van der Waals surface area contributed by atoms with Gasteiger partial charge >= 0.3 is 0 Å². The van der Waals surface area contributed by atoms with Crippen LogP contribution in [0.5, 0.6) is 0 Å². The van der Waals surface area contributed by atoms with E-state index in [0.717, 1.165) is 18.7 Å². The van der Waals surface area contributed by atoms with E-state index in [4.69, 9.17) is 0 Å². The van der Waals surface area contributed by atoms with Crippen LogP contribution in [0.3, 0.4) is 0 Å². The molecule has 0 unspecified atom stereocenters. The molecule has 2 rings (SSSR count). The molecule has 6 nitrogen and oxygen atoms in total. The maximum atomic E-state index is 13.1. The van der Waals surface area contributed by atoms with Crippen LogP contribution in [-0.4, -0.2) is 43.0 Å². The van der Waals surface area contributed by atoms with Crippen LogP contribution in [0.1, 0.15) is 18.2 Å². The molecule has 27 heavy (non-hydrogen) atoms. The number of guanidine groups is 1. The third-order valence-corrected chi connectivity index (χ3v) is 3.70. The Morgan fingerprint density at radius 2 is 1.96 bits per heavy atom. The lowest BCUT2D eigenvalue weighted by Gasteiger charge is -2.12. The minimum atomic E-state index is -0.334. The summed E-state index contributed by atoms with van der Waals surface area (Å²) in [4.78, 5) is 20.7. The molecule has 3 N–H and O–H groups in total. The molecule has 0 saturated heterocycles. The van der Waals surface area contributed by atoms with Crippen molar-refractivity contribution in [2.45, 2.75) is 19.8 Å². The molecule has 0 aliphatic rings. The van der Waals surface area contributed by atoms with Gasteiger partial charge in [-0.3, -0.25) is 14.8 Å². The molecule has 0 spiro atoms. The zero-order chi connectivity index (χ0) is 19.3. The predicted molar refractivity (Wildman–Crippen MR) is 105 cm³/mol. The van der Waals surface area contributed by atoms with Gasteiger partial charge in [-0.15, -0.1) is 0 Å². The number of carbonyl (C=O) groups is 1. The topological polar surface area (TPSA) is 78.4 Å². The molecular formula is C20H26FN5O. The van der Waals surface area contributed by atoms with Gasteiger partial charge in [-0.05, 0) is 36.8 Å². The SMILES string of the molecule is CCNC(=NCCc1ccccn1)NCCNC(=O)Cc1cccc(F)c1. The van der Waals surface area contributed by atoms with Crippen LogP contribution in [0.15, 0.2) is 53.7 Å². The second-order valence-electron chi connectivity index (χ2n) is 5.92. The molecule has 144 valence electrons. The third kappa shape index (κ3) is 8.31. The van der Waals surface area contributed by atoms with Gasteiger partial charge in [0.15, 0.2) is 5.96 Å². The number of aromatic nitrogens is 1. The molecule has 0 bridgehead atoms. The molecule has 1 amide bonds. The molecule has 0 fully saturated rings. The summed E-state index contributed by atoms with van der Waals surface area (Å²) in [7, 11) is 0. The molecule has 2 aromatic rings. The minimum Gasteiger partial charge on any atom is -0.357 e. The van der Waals surface area contributed by atoms with Crippen molar-refractivity contribution in [1.29, 1.82) is 0 Å². The molecule has 0 saturated carbocycles. The van der Waals surface area contributed by atoms with Crippen molar-refractivity contribution in [3.05, 3.63) is 65.7 Å². The number of hydrogen-bond donors (Lipinski definition) is 3. The summed E-state index contributed by atoms with van der Waals surface area (Å²) < 4.78 is 13.1. The molecule has 0 aliphatic carbocycles. The van der Waals surface area contributed by atoms with Crippen molar-refractivity contribution >= 4 is 11.9 Å². The smallest absolute Gasteiger partial charge is 0.224 e. The Hall–Kier alpha value is -2.96. The molecule has 1 heterocycles. The van der Waals surface area contributed by atoms with E-state index in [9.17, 15) is 9.18 Å². The lowest BCUT2D eigenvalue weighted by Crippen LogP contribution is -2.41. The first-order valence-corrected chi connectivity index (χ1v) is 9.10. The highest BCUT2D eigenvalue weighted by Crippen LogP contribution is 2.03. The fourth-order valence-electron chi connectivity index (χ4n) is 2.45. The minimum absolute atomic E-state index is 0.139. The Morgan fingerprint density at radius 3 is 2.70 bits per heavy atom. The van der Waals surface area contributed by atoms with E-state index in [1.807, 2.05) is 25.1 Å². The zero-order valence-electron chi connectivity index (χ0n) is 15.5. The van der Waals surface area contributed by atoms with Crippen LogP contribution in [0.25, 0.3) is 0 Å². The van der Waals surface area contributed by atoms with Crippen LogP contribution in [-0.2, 0) is 17.6 Å². The maximum Gasteiger partial charge on any atom is 0.224 e. The largest absolute Gasteiger partial charge is 0.357 e. The lowest BCUT2D eigenvalue weighted by atomic mass is 10.1. The van der Waals surface area contributed by atoms with Gasteiger partial charge in [0.25, 0.3) is 0 Å². The monoisotopic (exact) mass is 371 g/mol. The van der Waals surface area contributed by atoms with Gasteiger partial charge in [-0.25, -0.2) is 4.39 Å². The highest BCUT2D eigenvalue weighted by atomic mass is 19.1. The number of nitrogens with zero attached hydrogens (tertiary/aromatic N) is 2. The molecular weight excluding hydrogens is 345 g/mol. The van der Waals surface area contributed by atoms with Gasteiger partial charge in [0.1, 0.15) is 5.82 Å². The van der Waals surface area contributed by atoms with Crippen LogP contribution < -0.4 is 16.0 Å². The first-order chi connectivity index (χ1) is 13.2. The molecule has 7 heteroatoms. The quantitative estimate of drug-likeness (QED) is 0.356. The fourth-order valence-corrected chi connectivity index (χ4v) is 2.45. The van der Waals surface area contributed by atoms with Gasteiger partial charge < -0.3 is 16.0 Å². The van der Waals surface area contributed by atoms with E-state index >= 15 is 0 Å². The molecule has 0 radical (unpaired) electrons. The Labute approximate surface area is 159 Å². The highest BCUT2D eigenvalue weighted by molar-refractivity contribution is 5.80. The standard InChI is InChI=1S/C20H26FN5O/c1-2-22-20(25-11-9-18-8-3-4-10-23-18)26-13-12-24-19(27)15-16-6-5-7-17(21)14-16/h3-8,10,14H,2,9,11-13,15H2,1H3,(H,24,27)(H2,22,25,26). The summed E-state index contributed by atoms with van der Waals surface area (Å²) in [5.41, 5.74) is 1.66. The average Bonchev–Trinajstić information content (AvgIpc) is 2.66. The van der Waals surface area contributed by atoms with E-state index in [1.165, 1.54) is 12.1 Å². The Morgan fingerprint density at radius 1 is 1.11 bits per heavy atom. The summed E-state index contributed by atoms with van der Waals surface area (Å²) in [6.45, 7) is 4.37. The van der Waals surface area contributed by atoms with Crippen LogP contribution >= 0.6 is 0 Å². The van der Waals surface area contributed by atoms with Gasteiger partial charge in [-0.2, -0.15) is 0 Å². The number of amides is 1. The number of carbonyl (C=O) groups excluding carboxylic acids is 1. The maximum absolute atomic E-state index is 13.1. The number of halogens is 1. The highest BCUT2D eigenvalue weighted by Gasteiger charge is 2.04. The van der Waals surface area contributed by atoms with E-state index < -0.39 is 0 Å². The van der Waals surface area contributed by atoms with Crippen molar-refractivity contribution in [1.82, 2.24) is 20.9 Å². The molecule has 1 aromatic carbocycles. The van der Waals surface area contributed by atoms with Crippen molar-refractivity contribution in [3.63, 3.8) is 0 Å². The number of rotatable bonds is 9. The number of aliphatic imine (C=N–C) groups is 1. The van der Waals surface area contributed by atoms with Crippen molar-refractivity contribution in [2.24, 2.45) is 4.99 Å². The van der Waals surface area contributed by atoms with Crippen molar-refractivity contribution < 1.29 is 9.18 Å².